The SMILES string of the molecule is CC1OCCC1C(=O)N1CC(=O)Nc2ccccc21. The predicted octanol–water partition coefficient (Wildman–Crippen LogP) is 1.40. The van der Waals surface area contributed by atoms with Gasteiger partial charge in [-0.25, -0.2) is 0 Å². The highest BCUT2D eigenvalue weighted by atomic mass is 16.5. The Morgan fingerprint density at radius 3 is 2.95 bits per heavy atom. The van der Waals surface area contributed by atoms with E-state index in [2.05, 4.69) is 5.32 Å². The topological polar surface area (TPSA) is 58.6 Å². The maximum atomic E-state index is 12.6. The third-order valence-corrected chi connectivity index (χ3v) is 3.73. The smallest absolute Gasteiger partial charge is 0.244 e. The Labute approximate surface area is 111 Å². The van der Waals surface area contributed by atoms with Crippen molar-refractivity contribution >= 4 is 23.2 Å². The number of hydrogen-bond acceptors (Lipinski definition) is 3. The molecule has 0 radical (unpaired) electrons. The average Bonchev–Trinajstić information content (AvgIpc) is 2.83. The summed E-state index contributed by atoms with van der Waals surface area (Å²) < 4.78 is 5.44. The summed E-state index contributed by atoms with van der Waals surface area (Å²) in [7, 11) is 0. The molecule has 1 aromatic rings. The summed E-state index contributed by atoms with van der Waals surface area (Å²) in [6, 6.07) is 7.37. The Kier molecular flexibility index (Phi) is 2.98. The Balaban J connectivity index is 1.92. The monoisotopic (exact) mass is 260 g/mol. The normalized spacial score (nSPS) is 25.9. The van der Waals surface area contributed by atoms with E-state index in [4.69, 9.17) is 4.74 Å². The van der Waals surface area contributed by atoms with E-state index in [1.54, 1.807) is 11.0 Å². The first-order chi connectivity index (χ1) is 9.16. The molecule has 3 rings (SSSR count). The van der Waals surface area contributed by atoms with E-state index in [1.165, 1.54) is 0 Å². The molecule has 100 valence electrons. The molecular formula is C14H16N2O3. The maximum absolute atomic E-state index is 12.6. The number of para-hydroxylation sites is 2. The number of nitrogens with one attached hydrogen (secondary N) is 1. The summed E-state index contributed by atoms with van der Waals surface area (Å²) in [5, 5.41) is 2.78. The molecule has 1 N–H and O–H groups in total. The molecule has 2 aliphatic heterocycles. The Morgan fingerprint density at radius 1 is 1.42 bits per heavy atom. The van der Waals surface area contributed by atoms with Gasteiger partial charge in [-0.3, -0.25) is 9.59 Å². The molecule has 1 fully saturated rings. The quantitative estimate of drug-likeness (QED) is 0.830. The van der Waals surface area contributed by atoms with Gasteiger partial charge < -0.3 is 15.0 Å². The first-order valence-electron chi connectivity index (χ1n) is 6.48. The second kappa shape index (κ2) is 4.66. The highest BCUT2D eigenvalue weighted by Gasteiger charge is 2.37. The first-order valence-corrected chi connectivity index (χ1v) is 6.48. The minimum absolute atomic E-state index is 0.0210. The van der Waals surface area contributed by atoms with Crippen LogP contribution in [0.2, 0.25) is 0 Å². The Morgan fingerprint density at radius 2 is 2.21 bits per heavy atom. The minimum atomic E-state index is -0.154. The summed E-state index contributed by atoms with van der Waals surface area (Å²) in [6.07, 6.45) is 0.643. The third kappa shape index (κ3) is 2.10. The van der Waals surface area contributed by atoms with E-state index in [0.717, 1.165) is 12.1 Å². The van der Waals surface area contributed by atoms with Crippen molar-refractivity contribution in [3.63, 3.8) is 0 Å². The highest BCUT2D eigenvalue weighted by molar-refractivity contribution is 6.10. The number of carbonyl (C=O) groups excluding carboxylic acids is 2. The molecule has 0 aliphatic carbocycles. The van der Waals surface area contributed by atoms with Crippen molar-refractivity contribution in [3.8, 4) is 0 Å². The van der Waals surface area contributed by atoms with Crippen LogP contribution >= 0.6 is 0 Å². The number of fused-ring (bicyclic) bond motifs is 1. The minimum Gasteiger partial charge on any atom is -0.378 e. The predicted molar refractivity (Wildman–Crippen MR) is 70.9 cm³/mol. The van der Waals surface area contributed by atoms with Gasteiger partial charge in [0.1, 0.15) is 6.54 Å². The summed E-state index contributed by atoms with van der Waals surface area (Å²) >= 11 is 0. The van der Waals surface area contributed by atoms with Gasteiger partial charge in [0.05, 0.1) is 23.4 Å². The molecule has 2 heterocycles. The molecule has 0 bridgehead atoms. The van der Waals surface area contributed by atoms with Crippen LogP contribution in [0.15, 0.2) is 24.3 Å². The molecule has 5 nitrogen and oxygen atoms in total. The summed E-state index contributed by atoms with van der Waals surface area (Å²) in [4.78, 5) is 25.9. The molecule has 5 heteroatoms. The van der Waals surface area contributed by atoms with Gasteiger partial charge in [0.25, 0.3) is 0 Å². The Hall–Kier alpha value is -1.88. The number of benzene rings is 1. The van der Waals surface area contributed by atoms with Crippen LogP contribution in [0.5, 0.6) is 0 Å². The maximum Gasteiger partial charge on any atom is 0.244 e. The van der Waals surface area contributed by atoms with Gasteiger partial charge in [-0.05, 0) is 25.5 Å². The molecule has 0 aromatic heterocycles. The van der Waals surface area contributed by atoms with E-state index < -0.39 is 0 Å². The summed E-state index contributed by atoms with van der Waals surface area (Å²) in [6.45, 7) is 2.60. The molecule has 0 saturated carbocycles. The number of ether oxygens (including phenoxy) is 1. The largest absolute Gasteiger partial charge is 0.378 e. The van der Waals surface area contributed by atoms with Gasteiger partial charge in [-0.2, -0.15) is 0 Å². The van der Waals surface area contributed by atoms with E-state index in [-0.39, 0.29) is 30.4 Å². The van der Waals surface area contributed by atoms with Crippen molar-refractivity contribution in [3.05, 3.63) is 24.3 Å². The van der Waals surface area contributed by atoms with Gasteiger partial charge in [-0.15, -0.1) is 0 Å². The van der Waals surface area contributed by atoms with Crippen LogP contribution < -0.4 is 10.2 Å². The van der Waals surface area contributed by atoms with Crippen molar-refractivity contribution in [1.82, 2.24) is 0 Å². The van der Waals surface area contributed by atoms with Crippen LogP contribution in [0.25, 0.3) is 0 Å². The van der Waals surface area contributed by atoms with E-state index in [0.29, 0.717) is 12.3 Å². The second-order valence-corrected chi connectivity index (χ2v) is 4.96. The van der Waals surface area contributed by atoms with E-state index >= 15 is 0 Å². The van der Waals surface area contributed by atoms with Crippen LogP contribution in [0.1, 0.15) is 13.3 Å². The fourth-order valence-electron chi connectivity index (χ4n) is 2.69. The van der Waals surface area contributed by atoms with Gasteiger partial charge >= 0.3 is 0 Å². The number of hydrogen-bond donors (Lipinski definition) is 1. The molecule has 2 atom stereocenters. The van der Waals surface area contributed by atoms with Crippen molar-refractivity contribution < 1.29 is 14.3 Å². The van der Waals surface area contributed by atoms with Gasteiger partial charge in [0, 0.05) is 6.61 Å². The van der Waals surface area contributed by atoms with E-state index in [1.807, 2.05) is 25.1 Å². The van der Waals surface area contributed by atoms with Crippen molar-refractivity contribution in [2.24, 2.45) is 5.92 Å². The molecule has 0 spiro atoms. The van der Waals surface area contributed by atoms with Gasteiger partial charge in [-0.1, -0.05) is 12.1 Å². The zero-order valence-electron chi connectivity index (χ0n) is 10.8. The molecule has 1 saturated heterocycles. The number of amides is 2. The number of nitrogens with zero attached hydrogens (tertiary/aromatic N) is 1. The van der Waals surface area contributed by atoms with Crippen molar-refractivity contribution in [2.45, 2.75) is 19.4 Å². The van der Waals surface area contributed by atoms with Gasteiger partial charge in [0.15, 0.2) is 0 Å². The molecule has 2 aliphatic rings. The lowest BCUT2D eigenvalue weighted by atomic mass is 10.00. The van der Waals surface area contributed by atoms with Crippen molar-refractivity contribution in [1.29, 1.82) is 0 Å². The van der Waals surface area contributed by atoms with Crippen molar-refractivity contribution in [2.75, 3.05) is 23.4 Å². The molecule has 2 amide bonds. The summed E-state index contributed by atoms with van der Waals surface area (Å²) in [5.74, 6) is -0.329. The van der Waals surface area contributed by atoms with Crippen LogP contribution in [0.3, 0.4) is 0 Å². The van der Waals surface area contributed by atoms with Crippen LogP contribution in [0, 0.1) is 5.92 Å². The zero-order valence-corrected chi connectivity index (χ0v) is 10.8. The Bertz CT molecular complexity index is 529. The number of carbonyl (C=O) groups is 2. The third-order valence-electron chi connectivity index (χ3n) is 3.73. The van der Waals surface area contributed by atoms with Crippen LogP contribution in [-0.4, -0.2) is 31.1 Å². The lowest BCUT2D eigenvalue weighted by Gasteiger charge is -2.31. The van der Waals surface area contributed by atoms with Crippen LogP contribution in [0.4, 0.5) is 11.4 Å². The second-order valence-electron chi connectivity index (χ2n) is 4.96. The first kappa shape index (κ1) is 12.2. The molecule has 19 heavy (non-hydrogen) atoms. The number of anilines is 2. The average molecular weight is 260 g/mol. The fourth-order valence-corrected chi connectivity index (χ4v) is 2.69. The molecule has 1 aromatic carbocycles. The van der Waals surface area contributed by atoms with Crippen LogP contribution in [-0.2, 0) is 14.3 Å². The summed E-state index contributed by atoms with van der Waals surface area (Å²) in [5.41, 5.74) is 1.46. The lowest BCUT2D eigenvalue weighted by molar-refractivity contribution is -0.125. The molecular weight excluding hydrogens is 244 g/mol. The number of rotatable bonds is 1. The standard InChI is InChI=1S/C14H16N2O3/c1-9-10(6-7-19-9)14(18)16-8-13(17)15-11-4-2-3-5-12(11)16/h2-5,9-10H,6-8H2,1H3,(H,15,17). The lowest BCUT2D eigenvalue weighted by Crippen LogP contribution is -2.46. The van der Waals surface area contributed by atoms with E-state index in [9.17, 15) is 9.59 Å². The fraction of sp³-hybridized carbons (Fsp3) is 0.429. The highest BCUT2D eigenvalue weighted by Crippen LogP contribution is 2.32. The zero-order chi connectivity index (χ0) is 13.4. The molecule has 2 unspecified atom stereocenters. The van der Waals surface area contributed by atoms with Gasteiger partial charge in [0.2, 0.25) is 11.8 Å².